The van der Waals surface area contributed by atoms with E-state index in [1.165, 1.54) is 77.0 Å². The van der Waals surface area contributed by atoms with Crippen molar-refractivity contribution in [2.45, 2.75) is 239 Å². The number of aliphatic hydroxyl groups excluding tert-OH is 1. The van der Waals surface area contributed by atoms with Crippen LogP contribution in [0.3, 0.4) is 0 Å². The maximum Gasteiger partial charge on any atom is 0.508 e. The van der Waals surface area contributed by atoms with E-state index in [-0.39, 0.29) is 38.8 Å². The van der Waals surface area contributed by atoms with Gasteiger partial charge in [0.2, 0.25) is 0 Å². The summed E-state index contributed by atoms with van der Waals surface area (Å²) in [5, 5.41) is 10.2. The first kappa shape index (κ1) is 58.6. The van der Waals surface area contributed by atoms with Gasteiger partial charge in [-0.15, -0.1) is 0 Å². The highest BCUT2D eigenvalue weighted by molar-refractivity contribution is 5.69. The molecular weight excluding hydrogens is 773 g/mol. The summed E-state index contributed by atoms with van der Waals surface area (Å²) in [5.74, 6) is -1.33. The largest absolute Gasteiger partial charge is 0.508 e. The van der Waals surface area contributed by atoms with Crippen LogP contribution in [-0.2, 0) is 38.0 Å². The Bertz CT molecular complexity index is 1010. The third-order valence-corrected chi connectivity index (χ3v) is 10.7. The topological polar surface area (TPSA) is 127 Å². The molecule has 0 aromatic heterocycles. The van der Waals surface area contributed by atoms with Crippen molar-refractivity contribution >= 4 is 18.1 Å². The minimum Gasteiger partial charge on any atom is -0.465 e. The summed E-state index contributed by atoms with van der Waals surface area (Å²) in [6.45, 7) is 9.48. The molecule has 2 unspecified atom stereocenters. The Morgan fingerprint density at radius 2 is 0.869 bits per heavy atom. The summed E-state index contributed by atoms with van der Waals surface area (Å²) >= 11 is 0. The number of esters is 2. The summed E-state index contributed by atoms with van der Waals surface area (Å²) in [7, 11) is 0. The van der Waals surface area contributed by atoms with Crippen LogP contribution in [0, 0.1) is 5.92 Å². The van der Waals surface area contributed by atoms with Gasteiger partial charge in [0.1, 0.15) is 26.4 Å². The van der Waals surface area contributed by atoms with Gasteiger partial charge in [-0.2, -0.15) is 0 Å². The van der Waals surface area contributed by atoms with Gasteiger partial charge in [-0.25, -0.2) is 4.79 Å². The van der Waals surface area contributed by atoms with E-state index in [0.717, 1.165) is 96.3 Å². The van der Waals surface area contributed by atoms with E-state index in [4.69, 9.17) is 28.4 Å². The van der Waals surface area contributed by atoms with Crippen LogP contribution in [0.4, 0.5) is 4.79 Å². The van der Waals surface area contributed by atoms with Gasteiger partial charge in [0.05, 0.1) is 18.4 Å². The van der Waals surface area contributed by atoms with Crippen molar-refractivity contribution in [3.63, 3.8) is 0 Å². The van der Waals surface area contributed by atoms with Crippen molar-refractivity contribution in [3.8, 4) is 0 Å². The number of carbonyl (C=O) groups is 3. The molecule has 358 valence electrons. The standard InChI is InChI=1S/C51H94O10/c1-5-9-13-17-20-21-22-23-24-25-26-27-28-29-33-37-48(53)58-42-46(44-60-51(55)61-45-47(52)36-32-16-12-8-4)43-59-49(54)38-39-50(56-40-34-30-18-14-10-6-2)57-41-35-31-19-15-11-7-3/h20-21,23-24,46-47,50,52H,5-19,22,25-45H2,1-4H3/b21-20-,24-23-. The first-order chi connectivity index (χ1) is 29.9. The Labute approximate surface area is 374 Å². The molecule has 0 bridgehead atoms. The van der Waals surface area contributed by atoms with Gasteiger partial charge in [-0.1, -0.05) is 174 Å². The molecule has 0 saturated heterocycles. The molecule has 0 rings (SSSR count). The molecule has 0 saturated carbocycles. The van der Waals surface area contributed by atoms with Gasteiger partial charge >= 0.3 is 18.1 Å². The molecule has 0 heterocycles. The van der Waals surface area contributed by atoms with Crippen molar-refractivity contribution in [1.29, 1.82) is 0 Å². The molecule has 1 N–H and O–H groups in total. The monoisotopic (exact) mass is 867 g/mol. The van der Waals surface area contributed by atoms with E-state index in [1.54, 1.807) is 0 Å². The van der Waals surface area contributed by atoms with Crippen LogP contribution in [-0.4, -0.2) is 75.2 Å². The Morgan fingerprint density at radius 3 is 1.44 bits per heavy atom. The van der Waals surface area contributed by atoms with Gasteiger partial charge in [0.15, 0.2) is 6.29 Å². The molecular formula is C51H94O10. The third-order valence-electron chi connectivity index (χ3n) is 10.7. The zero-order valence-corrected chi connectivity index (χ0v) is 39.8. The minimum atomic E-state index is -0.923. The van der Waals surface area contributed by atoms with E-state index in [2.05, 4.69) is 52.0 Å². The first-order valence-corrected chi connectivity index (χ1v) is 25.2. The molecule has 0 radical (unpaired) electrons. The van der Waals surface area contributed by atoms with E-state index < -0.39 is 30.4 Å². The molecule has 10 heteroatoms. The van der Waals surface area contributed by atoms with E-state index >= 15 is 0 Å². The molecule has 0 aromatic rings. The Hall–Kier alpha value is -2.43. The van der Waals surface area contributed by atoms with E-state index in [0.29, 0.717) is 32.5 Å². The molecule has 0 aliphatic heterocycles. The number of hydrogen-bond donors (Lipinski definition) is 1. The fourth-order valence-electron chi connectivity index (χ4n) is 6.72. The number of unbranched alkanes of at least 4 members (excludes halogenated alkanes) is 21. The summed E-state index contributed by atoms with van der Waals surface area (Å²) < 4.78 is 33.8. The lowest BCUT2D eigenvalue weighted by Gasteiger charge is -2.20. The number of rotatable bonds is 46. The fraction of sp³-hybridized carbons (Fsp3) is 0.863. The molecule has 61 heavy (non-hydrogen) atoms. The number of allylic oxidation sites excluding steroid dienone is 4. The highest BCUT2D eigenvalue weighted by atomic mass is 16.7. The van der Waals surface area contributed by atoms with Crippen molar-refractivity contribution in [3.05, 3.63) is 24.3 Å². The van der Waals surface area contributed by atoms with Crippen molar-refractivity contribution < 1.29 is 47.9 Å². The molecule has 0 aromatic carbocycles. The van der Waals surface area contributed by atoms with Crippen molar-refractivity contribution in [2.24, 2.45) is 5.92 Å². The summed E-state index contributed by atoms with van der Waals surface area (Å²) in [4.78, 5) is 38.0. The number of aliphatic hydroxyl groups is 1. The van der Waals surface area contributed by atoms with Crippen molar-refractivity contribution in [2.75, 3.05) is 39.6 Å². The third kappa shape index (κ3) is 44.0. The summed E-state index contributed by atoms with van der Waals surface area (Å²) in [6.07, 6.45) is 38.4. The highest BCUT2D eigenvalue weighted by Crippen LogP contribution is 2.14. The minimum absolute atomic E-state index is 0.0644. The van der Waals surface area contributed by atoms with Gasteiger partial charge < -0.3 is 33.5 Å². The molecule has 2 atom stereocenters. The van der Waals surface area contributed by atoms with E-state index in [1.807, 2.05) is 0 Å². The smallest absolute Gasteiger partial charge is 0.465 e. The van der Waals surface area contributed by atoms with Gasteiger partial charge in [-0.3, -0.25) is 9.59 Å². The lowest BCUT2D eigenvalue weighted by Crippen LogP contribution is -2.28. The zero-order valence-electron chi connectivity index (χ0n) is 39.8. The molecule has 0 amide bonds. The normalized spacial score (nSPS) is 12.7. The maximum absolute atomic E-state index is 12.9. The Kier molecular flexibility index (Phi) is 45.2. The Balaban J connectivity index is 4.88. The SMILES string of the molecule is CCCCC/C=C\C/C=C\CCCCCCCC(=O)OCC(COC(=O)CCC(OCCCCCCCC)OCCCCCCCC)COC(=O)OCC(O)CCCCCC. The lowest BCUT2D eigenvalue weighted by atomic mass is 10.1. The predicted molar refractivity (Wildman–Crippen MR) is 249 cm³/mol. The second-order valence-electron chi connectivity index (χ2n) is 16.8. The second kappa shape index (κ2) is 47.1. The molecule has 0 aliphatic carbocycles. The highest BCUT2D eigenvalue weighted by Gasteiger charge is 2.20. The van der Waals surface area contributed by atoms with Gasteiger partial charge in [0, 0.05) is 26.1 Å². The molecule has 0 fully saturated rings. The van der Waals surface area contributed by atoms with Crippen LogP contribution >= 0.6 is 0 Å². The lowest BCUT2D eigenvalue weighted by molar-refractivity contribution is -0.161. The summed E-state index contributed by atoms with van der Waals surface area (Å²) in [6, 6.07) is 0. The van der Waals surface area contributed by atoms with Crippen LogP contribution in [0.25, 0.3) is 0 Å². The van der Waals surface area contributed by atoms with Crippen LogP contribution in [0.2, 0.25) is 0 Å². The number of ether oxygens (including phenoxy) is 6. The van der Waals surface area contributed by atoms with Crippen LogP contribution in [0.15, 0.2) is 24.3 Å². The van der Waals surface area contributed by atoms with Gasteiger partial charge in [-0.05, 0) is 57.8 Å². The molecule has 10 nitrogen and oxygen atoms in total. The average Bonchev–Trinajstić information content (AvgIpc) is 3.26. The first-order valence-electron chi connectivity index (χ1n) is 25.2. The predicted octanol–water partition coefficient (Wildman–Crippen LogP) is 13.8. The fourth-order valence-corrected chi connectivity index (χ4v) is 6.72. The second-order valence-corrected chi connectivity index (χ2v) is 16.8. The number of carbonyl (C=O) groups excluding carboxylic acids is 3. The quantitative estimate of drug-likeness (QED) is 0.0208. The average molecular weight is 867 g/mol. The summed E-state index contributed by atoms with van der Waals surface area (Å²) in [5.41, 5.74) is 0. The van der Waals surface area contributed by atoms with Crippen LogP contribution in [0.5, 0.6) is 0 Å². The Morgan fingerprint density at radius 1 is 0.443 bits per heavy atom. The zero-order chi connectivity index (χ0) is 44.7. The maximum atomic E-state index is 12.9. The van der Waals surface area contributed by atoms with E-state index in [9.17, 15) is 19.5 Å². The molecule has 0 spiro atoms. The molecule has 0 aliphatic rings. The van der Waals surface area contributed by atoms with Crippen LogP contribution in [0.1, 0.15) is 227 Å². The van der Waals surface area contributed by atoms with Gasteiger partial charge in [0.25, 0.3) is 0 Å². The van der Waals surface area contributed by atoms with Crippen LogP contribution < -0.4 is 0 Å². The number of hydrogen-bond acceptors (Lipinski definition) is 10. The van der Waals surface area contributed by atoms with Crippen molar-refractivity contribution in [1.82, 2.24) is 0 Å².